The van der Waals surface area contributed by atoms with Gasteiger partial charge in [0.05, 0.1) is 11.7 Å². The number of hydrogen-bond donors (Lipinski definition) is 2. The lowest BCUT2D eigenvalue weighted by atomic mass is 9.79. The van der Waals surface area contributed by atoms with Crippen molar-refractivity contribution in [3.05, 3.63) is 42.0 Å². The lowest BCUT2D eigenvalue weighted by Gasteiger charge is -2.45. The minimum atomic E-state index is -4.49. The van der Waals surface area contributed by atoms with Crippen molar-refractivity contribution < 1.29 is 13.2 Å². The van der Waals surface area contributed by atoms with E-state index in [9.17, 15) is 13.2 Å². The van der Waals surface area contributed by atoms with E-state index in [1.54, 1.807) is 12.3 Å². The van der Waals surface area contributed by atoms with Gasteiger partial charge in [0.25, 0.3) is 0 Å². The zero-order valence-electron chi connectivity index (χ0n) is 20.4. The summed E-state index contributed by atoms with van der Waals surface area (Å²) in [4.78, 5) is 23.6. The molecule has 1 saturated carbocycles. The fraction of sp³-hybridized carbons (Fsp3) is 0.481. The van der Waals surface area contributed by atoms with Crippen LogP contribution in [-0.2, 0) is 6.18 Å². The van der Waals surface area contributed by atoms with Gasteiger partial charge in [-0.25, -0.2) is 15.0 Å². The highest BCUT2D eigenvalue weighted by Gasteiger charge is 2.37. The smallest absolute Gasteiger partial charge is 0.351 e. The summed E-state index contributed by atoms with van der Waals surface area (Å²) in [5.74, 6) is 1.74. The van der Waals surface area contributed by atoms with Crippen LogP contribution in [0.3, 0.4) is 0 Å². The van der Waals surface area contributed by atoms with Gasteiger partial charge >= 0.3 is 6.18 Å². The zero-order valence-corrected chi connectivity index (χ0v) is 20.4. The molecule has 6 heterocycles. The highest BCUT2D eigenvalue weighted by Crippen LogP contribution is 2.44. The lowest BCUT2D eigenvalue weighted by molar-refractivity contribution is -0.140. The van der Waals surface area contributed by atoms with E-state index >= 15 is 0 Å². The summed E-state index contributed by atoms with van der Waals surface area (Å²) in [5, 5.41) is 5.11. The first-order valence-electron chi connectivity index (χ1n) is 13.2. The molecule has 3 fully saturated rings. The van der Waals surface area contributed by atoms with Gasteiger partial charge in [0, 0.05) is 47.4 Å². The fourth-order valence-electron chi connectivity index (χ4n) is 6.33. The number of H-pyrrole nitrogens is 1. The molecule has 0 radical (unpaired) electrons. The first-order valence-corrected chi connectivity index (χ1v) is 13.2. The predicted molar refractivity (Wildman–Crippen MR) is 135 cm³/mol. The van der Waals surface area contributed by atoms with Gasteiger partial charge in [-0.05, 0) is 68.7 Å². The maximum atomic E-state index is 13.5. The number of halogens is 3. The van der Waals surface area contributed by atoms with E-state index < -0.39 is 11.9 Å². The summed E-state index contributed by atoms with van der Waals surface area (Å²) in [6.07, 6.45) is 8.61. The second-order valence-electron chi connectivity index (χ2n) is 10.5. The number of alkyl halides is 3. The van der Waals surface area contributed by atoms with Crippen LogP contribution in [0, 0.1) is 0 Å². The molecule has 37 heavy (non-hydrogen) atoms. The van der Waals surface area contributed by atoms with Gasteiger partial charge in [-0.1, -0.05) is 6.42 Å². The number of fused-ring (bicyclic) bond motifs is 3. The van der Waals surface area contributed by atoms with E-state index in [0.717, 1.165) is 74.4 Å². The van der Waals surface area contributed by atoms with Gasteiger partial charge in [0.2, 0.25) is 0 Å². The van der Waals surface area contributed by atoms with E-state index in [1.807, 2.05) is 6.20 Å². The van der Waals surface area contributed by atoms with Crippen molar-refractivity contribution in [3.8, 4) is 11.4 Å². The van der Waals surface area contributed by atoms with Crippen LogP contribution in [0.15, 0.2) is 30.7 Å². The molecule has 1 aliphatic carbocycles. The van der Waals surface area contributed by atoms with Crippen LogP contribution in [0.4, 0.5) is 19.0 Å². The molecule has 2 unspecified atom stereocenters. The summed E-state index contributed by atoms with van der Waals surface area (Å²) in [7, 11) is 0. The third-order valence-corrected chi connectivity index (χ3v) is 8.37. The fourth-order valence-corrected chi connectivity index (χ4v) is 6.33. The number of rotatable bonds is 3. The second-order valence-corrected chi connectivity index (χ2v) is 10.5. The molecular formula is C27H28F3N7. The highest BCUT2D eigenvalue weighted by molar-refractivity contribution is 5.97. The Balaban J connectivity index is 1.45. The summed E-state index contributed by atoms with van der Waals surface area (Å²) in [6, 6.07) is 3.55. The van der Waals surface area contributed by atoms with Gasteiger partial charge in [0.15, 0.2) is 5.82 Å². The van der Waals surface area contributed by atoms with E-state index in [4.69, 9.17) is 9.97 Å². The number of nitrogens with zero attached hydrogens (tertiary/aromatic N) is 5. The Morgan fingerprint density at radius 1 is 1.00 bits per heavy atom. The number of piperidine rings is 2. The van der Waals surface area contributed by atoms with Gasteiger partial charge < -0.3 is 15.2 Å². The normalized spacial score (nSPS) is 22.8. The van der Waals surface area contributed by atoms with Crippen molar-refractivity contribution in [1.29, 1.82) is 0 Å². The summed E-state index contributed by atoms with van der Waals surface area (Å²) >= 11 is 0. The lowest BCUT2D eigenvalue weighted by Crippen LogP contribution is -2.57. The van der Waals surface area contributed by atoms with Crippen molar-refractivity contribution in [2.75, 3.05) is 18.0 Å². The van der Waals surface area contributed by atoms with E-state index in [2.05, 4.69) is 25.2 Å². The Labute approximate surface area is 211 Å². The molecule has 10 heteroatoms. The van der Waals surface area contributed by atoms with E-state index in [1.165, 1.54) is 18.2 Å². The Morgan fingerprint density at radius 3 is 2.70 bits per heavy atom. The summed E-state index contributed by atoms with van der Waals surface area (Å²) in [6.45, 7) is 1.93. The molecule has 2 atom stereocenters. The number of aromatic nitrogens is 5. The molecule has 4 aromatic heterocycles. The third-order valence-electron chi connectivity index (χ3n) is 8.37. The Bertz CT molecular complexity index is 1470. The summed E-state index contributed by atoms with van der Waals surface area (Å²) < 4.78 is 40.4. The van der Waals surface area contributed by atoms with Gasteiger partial charge in [-0.2, -0.15) is 13.2 Å². The van der Waals surface area contributed by atoms with Crippen LogP contribution in [-0.4, -0.2) is 50.1 Å². The topological polar surface area (TPSA) is 82.6 Å². The largest absolute Gasteiger partial charge is 0.431 e. The minimum Gasteiger partial charge on any atom is -0.351 e. The number of hydrogen-bond acceptors (Lipinski definition) is 6. The van der Waals surface area contributed by atoms with Crippen molar-refractivity contribution in [3.63, 3.8) is 0 Å². The number of pyridine rings is 2. The molecule has 0 spiro atoms. The second kappa shape index (κ2) is 8.65. The van der Waals surface area contributed by atoms with Crippen molar-refractivity contribution in [2.24, 2.45) is 0 Å². The van der Waals surface area contributed by atoms with Crippen LogP contribution >= 0.6 is 0 Å². The maximum Gasteiger partial charge on any atom is 0.431 e. The SMILES string of the molecule is FC(F)(F)c1cc2c(-c3nc(N4CCCC5NCCCC54)c4c(C5CCC5)cncc4n3)ccnc2[nH]1. The monoisotopic (exact) mass is 507 g/mol. The zero-order chi connectivity index (χ0) is 25.1. The van der Waals surface area contributed by atoms with E-state index in [0.29, 0.717) is 34.8 Å². The first kappa shape index (κ1) is 22.9. The minimum absolute atomic E-state index is 0.172. The number of anilines is 1. The Kier molecular flexibility index (Phi) is 5.35. The molecular weight excluding hydrogens is 479 g/mol. The standard InChI is InChI=1S/C27H28F3N7/c28-27(29,30)22-12-17-16(8-10-33-24(17)35-22)25-34-20-14-31-13-18(15-4-1-5-15)23(20)26(36-25)37-11-3-6-19-21(37)7-2-9-32-19/h8,10,12-15,19,21,32H,1-7,9,11H2,(H,33,35). The van der Waals surface area contributed by atoms with Gasteiger partial charge in [-0.3, -0.25) is 4.98 Å². The van der Waals surface area contributed by atoms with Crippen LogP contribution in [0.1, 0.15) is 62.1 Å². The quantitative estimate of drug-likeness (QED) is 0.377. The van der Waals surface area contributed by atoms with Gasteiger partial charge in [0.1, 0.15) is 17.2 Å². The third kappa shape index (κ3) is 3.84. The number of aromatic amines is 1. The first-order chi connectivity index (χ1) is 18.0. The molecule has 192 valence electrons. The van der Waals surface area contributed by atoms with Crippen molar-refractivity contribution in [2.45, 2.75) is 69.1 Å². The van der Waals surface area contributed by atoms with Crippen LogP contribution in [0.25, 0.3) is 33.3 Å². The molecule has 2 saturated heterocycles. The van der Waals surface area contributed by atoms with Crippen LogP contribution in [0.2, 0.25) is 0 Å². The Hall–Kier alpha value is -3.27. The van der Waals surface area contributed by atoms with Gasteiger partial charge in [-0.15, -0.1) is 0 Å². The molecule has 7 nitrogen and oxygen atoms in total. The molecule has 7 rings (SSSR count). The maximum absolute atomic E-state index is 13.5. The highest BCUT2D eigenvalue weighted by atomic mass is 19.4. The average molecular weight is 508 g/mol. The molecule has 3 aliphatic rings. The molecule has 0 amide bonds. The number of nitrogens with one attached hydrogen (secondary N) is 2. The van der Waals surface area contributed by atoms with Crippen molar-refractivity contribution >= 4 is 27.8 Å². The molecule has 2 N–H and O–H groups in total. The molecule has 0 bridgehead atoms. The molecule has 2 aliphatic heterocycles. The average Bonchev–Trinajstić information content (AvgIpc) is 3.32. The van der Waals surface area contributed by atoms with Crippen LogP contribution < -0.4 is 10.2 Å². The summed E-state index contributed by atoms with van der Waals surface area (Å²) in [5.41, 5.74) is 1.81. The van der Waals surface area contributed by atoms with E-state index in [-0.39, 0.29) is 5.65 Å². The predicted octanol–water partition coefficient (Wildman–Crippen LogP) is 5.58. The van der Waals surface area contributed by atoms with Crippen LogP contribution in [0.5, 0.6) is 0 Å². The molecule has 4 aromatic rings. The Morgan fingerprint density at radius 2 is 1.89 bits per heavy atom. The van der Waals surface area contributed by atoms with Crippen molar-refractivity contribution in [1.82, 2.24) is 30.2 Å². The molecule has 0 aromatic carbocycles.